The molecule has 2 atom stereocenters. The fourth-order valence-corrected chi connectivity index (χ4v) is 2.42. The topological polar surface area (TPSA) is 47.3 Å². The number of ether oxygens (including phenoxy) is 1. The summed E-state index contributed by atoms with van der Waals surface area (Å²) in [4.78, 5) is 0. The van der Waals surface area contributed by atoms with Gasteiger partial charge in [-0.25, -0.2) is 0 Å². The standard InChI is InChI=1S/C13H22N2O2/c1-10-4-3-5-12(6-10)16-9-13-7-11(8-14-2)15-17-13/h7,10,12,14H,3-6,8-9H2,1-2H3. The van der Waals surface area contributed by atoms with Crippen LogP contribution in [0.15, 0.2) is 10.6 Å². The van der Waals surface area contributed by atoms with Gasteiger partial charge in [-0.15, -0.1) is 0 Å². The van der Waals surface area contributed by atoms with Crippen molar-refractivity contribution in [2.24, 2.45) is 5.92 Å². The highest BCUT2D eigenvalue weighted by Gasteiger charge is 2.19. The number of aromatic nitrogens is 1. The normalized spacial score (nSPS) is 25.1. The molecule has 4 heteroatoms. The summed E-state index contributed by atoms with van der Waals surface area (Å²) in [7, 11) is 1.90. The highest BCUT2D eigenvalue weighted by Crippen LogP contribution is 2.26. The number of rotatable bonds is 5. The Morgan fingerprint density at radius 2 is 2.41 bits per heavy atom. The van der Waals surface area contributed by atoms with Crippen molar-refractivity contribution in [3.05, 3.63) is 17.5 Å². The van der Waals surface area contributed by atoms with Crippen LogP contribution < -0.4 is 5.32 Å². The molecule has 1 N–H and O–H groups in total. The molecule has 1 aliphatic rings. The first-order chi connectivity index (χ1) is 8.28. The minimum Gasteiger partial charge on any atom is -0.370 e. The lowest BCUT2D eigenvalue weighted by molar-refractivity contribution is -0.00448. The van der Waals surface area contributed by atoms with E-state index in [0.29, 0.717) is 12.7 Å². The van der Waals surface area contributed by atoms with Crippen LogP contribution in [-0.4, -0.2) is 18.3 Å². The maximum absolute atomic E-state index is 5.88. The number of nitrogens with zero attached hydrogens (tertiary/aromatic N) is 1. The molecule has 0 spiro atoms. The molecule has 1 aliphatic carbocycles. The number of nitrogens with one attached hydrogen (secondary N) is 1. The van der Waals surface area contributed by atoms with Crippen LogP contribution in [0.4, 0.5) is 0 Å². The maximum atomic E-state index is 5.88. The zero-order chi connectivity index (χ0) is 12.1. The van der Waals surface area contributed by atoms with E-state index < -0.39 is 0 Å². The molecule has 1 aromatic heterocycles. The van der Waals surface area contributed by atoms with Crippen LogP contribution in [0, 0.1) is 5.92 Å². The lowest BCUT2D eigenvalue weighted by Crippen LogP contribution is -2.21. The van der Waals surface area contributed by atoms with Gasteiger partial charge in [-0.2, -0.15) is 0 Å². The van der Waals surface area contributed by atoms with E-state index in [1.807, 2.05) is 13.1 Å². The predicted octanol–water partition coefficient (Wildman–Crippen LogP) is 2.49. The van der Waals surface area contributed by atoms with Crippen LogP contribution in [0.25, 0.3) is 0 Å². The first-order valence-corrected chi connectivity index (χ1v) is 6.48. The Hall–Kier alpha value is -0.870. The highest BCUT2D eigenvalue weighted by atomic mass is 16.5. The Kier molecular flexibility index (Phi) is 4.57. The second-order valence-electron chi connectivity index (χ2n) is 5.02. The number of hydrogen-bond donors (Lipinski definition) is 1. The van der Waals surface area contributed by atoms with Gasteiger partial charge in [0, 0.05) is 12.6 Å². The van der Waals surface area contributed by atoms with Crippen molar-refractivity contribution in [3.8, 4) is 0 Å². The van der Waals surface area contributed by atoms with Crippen LogP contribution >= 0.6 is 0 Å². The third-order valence-electron chi connectivity index (χ3n) is 3.32. The van der Waals surface area contributed by atoms with Crippen molar-refractivity contribution in [3.63, 3.8) is 0 Å². The van der Waals surface area contributed by atoms with Gasteiger partial charge in [-0.1, -0.05) is 24.9 Å². The molecule has 0 aliphatic heterocycles. The molecular formula is C13H22N2O2. The summed E-state index contributed by atoms with van der Waals surface area (Å²) in [5, 5.41) is 7.01. The van der Waals surface area contributed by atoms with Crippen LogP contribution in [0.2, 0.25) is 0 Å². The van der Waals surface area contributed by atoms with E-state index in [2.05, 4.69) is 17.4 Å². The Morgan fingerprint density at radius 1 is 1.53 bits per heavy atom. The quantitative estimate of drug-likeness (QED) is 0.856. The number of hydrogen-bond acceptors (Lipinski definition) is 4. The SMILES string of the molecule is CNCc1cc(COC2CCCC(C)C2)on1. The van der Waals surface area contributed by atoms with Gasteiger partial charge in [0.2, 0.25) is 0 Å². The lowest BCUT2D eigenvalue weighted by atomic mass is 9.89. The van der Waals surface area contributed by atoms with Crippen molar-refractivity contribution in [1.29, 1.82) is 0 Å². The summed E-state index contributed by atoms with van der Waals surface area (Å²) >= 11 is 0. The fourth-order valence-electron chi connectivity index (χ4n) is 2.42. The molecular weight excluding hydrogens is 216 g/mol. The molecule has 2 unspecified atom stereocenters. The van der Waals surface area contributed by atoms with Gasteiger partial charge in [-0.3, -0.25) is 0 Å². The third kappa shape index (κ3) is 3.82. The van der Waals surface area contributed by atoms with Gasteiger partial charge >= 0.3 is 0 Å². The highest BCUT2D eigenvalue weighted by molar-refractivity contribution is 5.04. The fraction of sp³-hybridized carbons (Fsp3) is 0.769. The molecule has 96 valence electrons. The first kappa shape index (κ1) is 12.6. The van der Waals surface area contributed by atoms with E-state index in [9.17, 15) is 0 Å². The molecule has 0 radical (unpaired) electrons. The molecule has 1 aromatic rings. The third-order valence-corrected chi connectivity index (χ3v) is 3.32. The Morgan fingerprint density at radius 3 is 3.18 bits per heavy atom. The lowest BCUT2D eigenvalue weighted by Gasteiger charge is -2.26. The van der Waals surface area contributed by atoms with E-state index in [0.717, 1.165) is 23.9 Å². The van der Waals surface area contributed by atoms with Crippen molar-refractivity contribution in [2.75, 3.05) is 7.05 Å². The molecule has 2 rings (SSSR count). The summed E-state index contributed by atoms with van der Waals surface area (Å²) in [6.45, 7) is 3.59. The van der Waals surface area contributed by atoms with Crippen molar-refractivity contribution >= 4 is 0 Å². The Labute approximate surface area is 103 Å². The second kappa shape index (κ2) is 6.17. The molecule has 1 fully saturated rings. The summed E-state index contributed by atoms with van der Waals surface area (Å²) in [5.41, 5.74) is 0.933. The van der Waals surface area contributed by atoms with Gasteiger partial charge < -0.3 is 14.6 Å². The first-order valence-electron chi connectivity index (χ1n) is 6.48. The van der Waals surface area contributed by atoms with Crippen molar-refractivity contribution < 1.29 is 9.26 Å². The van der Waals surface area contributed by atoms with Crippen LogP contribution in [0.5, 0.6) is 0 Å². The van der Waals surface area contributed by atoms with Crippen LogP contribution in [-0.2, 0) is 17.9 Å². The average Bonchev–Trinajstić information content (AvgIpc) is 2.75. The van der Waals surface area contributed by atoms with E-state index >= 15 is 0 Å². The van der Waals surface area contributed by atoms with E-state index in [4.69, 9.17) is 9.26 Å². The molecule has 0 bridgehead atoms. The molecule has 0 amide bonds. The summed E-state index contributed by atoms with van der Waals surface area (Å²) in [6.07, 6.45) is 5.39. The van der Waals surface area contributed by atoms with Gasteiger partial charge in [0.05, 0.1) is 11.8 Å². The average molecular weight is 238 g/mol. The summed E-state index contributed by atoms with van der Waals surface area (Å²) < 4.78 is 11.1. The van der Waals surface area contributed by atoms with Gasteiger partial charge in [0.15, 0.2) is 5.76 Å². The molecule has 1 saturated carbocycles. The van der Waals surface area contributed by atoms with E-state index in [-0.39, 0.29) is 0 Å². The van der Waals surface area contributed by atoms with E-state index in [1.54, 1.807) is 0 Å². The van der Waals surface area contributed by atoms with Gasteiger partial charge in [0.25, 0.3) is 0 Å². The molecule has 4 nitrogen and oxygen atoms in total. The second-order valence-corrected chi connectivity index (χ2v) is 5.02. The monoisotopic (exact) mass is 238 g/mol. The predicted molar refractivity (Wildman–Crippen MR) is 65.5 cm³/mol. The van der Waals surface area contributed by atoms with Crippen molar-refractivity contribution in [1.82, 2.24) is 10.5 Å². The van der Waals surface area contributed by atoms with Crippen LogP contribution in [0.1, 0.15) is 44.1 Å². The molecule has 0 saturated heterocycles. The minimum absolute atomic E-state index is 0.400. The molecule has 1 heterocycles. The Bertz CT molecular complexity index is 338. The summed E-state index contributed by atoms with van der Waals surface area (Å²) in [6, 6.07) is 1.96. The summed E-state index contributed by atoms with van der Waals surface area (Å²) in [5.74, 6) is 1.62. The van der Waals surface area contributed by atoms with E-state index in [1.165, 1.54) is 25.7 Å². The van der Waals surface area contributed by atoms with Crippen molar-refractivity contribution in [2.45, 2.75) is 51.9 Å². The smallest absolute Gasteiger partial charge is 0.162 e. The maximum Gasteiger partial charge on any atom is 0.162 e. The zero-order valence-electron chi connectivity index (χ0n) is 10.7. The molecule has 0 aromatic carbocycles. The largest absolute Gasteiger partial charge is 0.370 e. The zero-order valence-corrected chi connectivity index (χ0v) is 10.7. The molecule has 17 heavy (non-hydrogen) atoms. The van der Waals surface area contributed by atoms with Gasteiger partial charge in [0.1, 0.15) is 6.61 Å². The van der Waals surface area contributed by atoms with Crippen LogP contribution in [0.3, 0.4) is 0 Å². The van der Waals surface area contributed by atoms with Gasteiger partial charge in [-0.05, 0) is 25.8 Å². The minimum atomic E-state index is 0.400. The Balaban J connectivity index is 1.76.